The van der Waals surface area contributed by atoms with Crippen molar-refractivity contribution in [2.24, 2.45) is 21.4 Å². The van der Waals surface area contributed by atoms with Crippen LogP contribution in [-0.4, -0.2) is 22.5 Å². The molecular formula is C25H26ClN3O5. The first-order valence-electron chi connectivity index (χ1n) is 11.0. The van der Waals surface area contributed by atoms with Crippen molar-refractivity contribution in [3.8, 4) is 0 Å². The Balaban J connectivity index is 1.59. The van der Waals surface area contributed by atoms with Crippen LogP contribution >= 0.6 is 11.6 Å². The Morgan fingerprint density at radius 1 is 1.15 bits per heavy atom. The lowest BCUT2D eigenvalue weighted by atomic mass is 9.64. The topological polar surface area (TPSA) is 111 Å². The zero-order valence-corrected chi connectivity index (χ0v) is 20.2. The molecule has 2 fully saturated rings. The third-order valence-electron chi connectivity index (χ3n) is 8.06. The fourth-order valence-corrected chi connectivity index (χ4v) is 5.61. The van der Waals surface area contributed by atoms with Gasteiger partial charge in [0.15, 0.2) is 0 Å². The third-order valence-corrected chi connectivity index (χ3v) is 8.38. The molecule has 2 aromatic carbocycles. The molecule has 2 bridgehead atoms. The summed E-state index contributed by atoms with van der Waals surface area (Å²) < 4.78 is 0. The van der Waals surface area contributed by atoms with Crippen molar-refractivity contribution < 1.29 is 19.3 Å². The number of nitrogens with one attached hydrogen (secondary N) is 1. The average Bonchev–Trinajstić information content (AvgIpc) is 3.08. The number of carbonyl (C=O) groups excluding carboxylic acids is 2. The van der Waals surface area contributed by atoms with Gasteiger partial charge in [0.1, 0.15) is 5.02 Å². The Bertz CT molecular complexity index is 1240. The number of oxime groups is 1. The van der Waals surface area contributed by atoms with Crippen molar-refractivity contribution in [2.45, 2.75) is 47.0 Å². The summed E-state index contributed by atoms with van der Waals surface area (Å²) in [5, 5.41) is 18.3. The summed E-state index contributed by atoms with van der Waals surface area (Å²) >= 11 is 5.82. The molecule has 8 nitrogen and oxygen atoms in total. The van der Waals surface area contributed by atoms with Gasteiger partial charge in [-0.1, -0.05) is 49.7 Å². The number of halogens is 1. The zero-order chi connectivity index (χ0) is 24.9. The van der Waals surface area contributed by atoms with Crippen molar-refractivity contribution in [1.82, 2.24) is 0 Å². The van der Waals surface area contributed by atoms with Crippen LogP contribution in [0.3, 0.4) is 0 Å². The lowest BCUT2D eigenvalue weighted by molar-refractivity contribution is -0.384. The highest BCUT2D eigenvalue weighted by atomic mass is 35.5. The van der Waals surface area contributed by atoms with Gasteiger partial charge in [-0.05, 0) is 55.0 Å². The predicted molar refractivity (Wildman–Crippen MR) is 129 cm³/mol. The van der Waals surface area contributed by atoms with E-state index in [1.165, 1.54) is 12.1 Å². The average molecular weight is 484 g/mol. The fourth-order valence-electron chi connectivity index (χ4n) is 5.42. The van der Waals surface area contributed by atoms with Crippen molar-refractivity contribution in [3.63, 3.8) is 0 Å². The molecule has 1 N–H and O–H groups in total. The van der Waals surface area contributed by atoms with Gasteiger partial charge in [-0.3, -0.25) is 14.9 Å². The standard InChI is InChI=1S/C25H26ClN3O5/c1-15-6-5-7-17(12-15)27-22(31)25-11-10-24(4,23(25,2)3)20(14-25)28-34-21(30)16-8-9-18(26)19(13-16)29(32)33/h5-9,12-13H,10-11,14H2,1-4H3,(H,27,31)/b28-20+. The van der Waals surface area contributed by atoms with E-state index in [0.29, 0.717) is 18.6 Å². The van der Waals surface area contributed by atoms with Gasteiger partial charge in [-0.2, -0.15) is 0 Å². The van der Waals surface area contributed by atoms with E-state index in [1.54, 1.807) is 0 Å². The van der Waals surface area contributed by atoms with Crippen molar-refractivity contribution in [1.29, 1.82) is 0 Å². The van der Waals surface area contributed by atoms with Gasteiger partial charge in [-0.15, -0.1) is 0 Å². The van der Waals surface area contributed by atoms with Crippen LogP contribution in [0, 0.1) is 33.3 Å². The van der Waals surface area contributed by atoms with E-state index in [-0.39, 0.29) is 22.2 Å². The Hall–Kier alpha value is -3.26. The highest BCUT2D eigenvalue weighted by Crippen LogP contribution is 2.71. The predicted octanol–water partition coefficient (Wildman–Crippen LogP) is 5.92. The summed E-state index contributed by atoms with van der Waals surface area (Å²) in [4.78, 5) is 41.8. The number of carbonyl (C=O) groups is 2. The molecule has 1 amide bonds. The number of hydrogen-bond donors (Lipinski definition) is 1. The SMILES string of the molecule is Cc1cccc(NC(=O)C23CCC(C)(/C(=N/OC(=O)c4ccc(Cl)c([N+](=O)[O-])c4)C2)C3(C)C)c1. The first kappa shape index (κ1) is 23.9. The number of benzene rings is 2. The minimum atomic E-state index is -0.824. The summed E-state index contributed by atoms with van der Waals surface area (Å²) in [5.74, 6) is -0.897. The van der Waals surface area contributed by atoms with E-state index >= 15 is 0 Å². The number of amides is 1. The van der Waals surface area contributed by atoms with Crippen LogP contribution in [0.25, 0.3) is 0 Å². The number of nitrogens with zero attached hydrogens (tertiary/aromatic N) is 2. The van der Waals surface area contributed by atoms with E-state index in [9.17, 15) is 19.7 Å². The molecular weight excluding hydrogens is 458 g/mol. The van der Waals surface area contributed by atoms with Crippen LogP contribution in [0.2, 0.25) is 5.02 Å². The van der Waals surface area contributed by atoms with Crippen molar-refractivity contribution in [2.75, 3.05) is 5.32 Å². The molecule has 2 unspecified atom stereocenters. The number of hydrogen-bond acceptors (Lipinski definition) is 6. The van der Waals surface area contributed by atoms with Gasteiger partial charge in [0.25, 0.3) is 5.69 Å². The van der Waals surface area contributed by atoms with Crippen LogP contribution in [0.15, 0.2) is 47.6 Å². The molecule has 9 heteroatoms. The van der Waals surface area contributed by atoms with Gasteiger partial charge in [0, 0.05) is 23.6 Å². The number of nitro benzene ring substituents is 1. The van der Waals surface area contributed by atoms with E-state index < -0.39 is 27.1 Å². The van der Waals surface area contributed by atoms with Gasteiger partial charge in [-0.25, -0.2) is 4.79 Å². The molecule has 0 aromatic heterocycles. The number of nitro groups is 1. The maximum atomic E-state index is 13.6. The monoisotopic (exact) mass is 483 g/mol. The number of rotatable bonds is 5. The highest BCUT2D eigenvalue weighted by molar-refractivity contribution is 6.32. The van der Waals surface area contributed by atoms with Crippen LogP contribution in [-0.2, 0) is 9.63 Å². The van der Waals surface area contributed by atoms with Crippen LogP contribution in [0.1, 0.15) is 56.0 Å². The van der Waals surface area contributed by atoms with Gasteiger partial charge >= 0.3 is 5.97 Å². The van der Waals surface area contributed by atoms with Crippen molar-refractivity contribution in [3.05, 3.63) is 68.7 Å². The molecule has 0 spiro atoms. The Kier molecular flexibility index (Phi) is 5.76. The largest absolute Gasteiger partial charge is 0.365 e. The maximum Gasteiger partial charge on any atom is 0.365 e. The Labute approximate surface area is 202 Å². The fraction of sp³-hybridized carbons (Fsp3) is 0.400. The molecule has 2 aliphatic rings. The molecule has 34 heavy (non-hydrogen) atoms. The van der Waals surface area contributed by atoms with Gasteiger partial charge in [0.2, 0.25) is 5.91 Å². The second kappa shape index (κ2) is 8.20. The lowest BCUT2D eigenvalue weighted by Gasteiger charge is -2.39. The number of aryl methyl sites for hydroxylation is 1. The highest BCUT2D eigenvalue weighted by Gasteiger charge is 2.71. The molecule has 4 rings (SSSR count). The van der Waals surface area contributed by atoms with Crippen LogP contribution in [0.4, 0.5) is 11.4 Å². The summed E-state index contributed by atoms with van der Waals surface area (Å²) in [6.07, 6.45) is 1.79. The summed E-state index contributed by atoms with van der Waals surface area (Å²) in [5.41, 5.74) is 0.444. The molecule has 0 heterocycles. The smallest absolute Gasteiger partial charge is 0.326 e. The molecule has 0 saturated heterocycles. The second-order valence-corrected chi connectivity index (χ2v) is 10.3. The minimum Gasteiger partial charge on any atom is -0.326 e. The van der Waals surface area contributed by atoms with Crippen LogP contribution in [0.5, 0.6) is 0 Å². The molecule has 2 aromatic rings. The first-order chi connectivity index (χ1) is 15.9. The quantitative estimate of drug-likeness (QED) is 0.322. The molecule has 0 radical (unpaired) electrons. The first-order valence-corrected chi connectivity index (χ1v) is 11.4. The summed E-state index contributed by atoms with van der Waals surface area (Å²) in [7, 11) is 0. The zero-order valence-electron chi connectivity index (χ0n) is 19.5. The molecule has 178 valence electrons. The van der Waals surface area contributed by atoms with E-state index in [1.807, 2.05) is 38.1 Å². The normalized spacial score (nSPS) is 25.9. The summed E-state index contributed by atoms with van der Waals surface area (Å²) in [6, 6.07) is 11.3. The Morgan fingerprint density at radius 2 is 1.88 bits per heavy atom. The second-order valence-electron chi connectivity index (χ2n) is 9.88. The molecule has 0 aliphatic heterocycles. The van der Waals surface area contributed by atoms with Gasteiger partial charge < -0.3 is 10.2 Å². The van der Waals surface area contributed by atoms with E-state index in [4.69, 9.17) is 16.4 Å². The molecule has 2 aliphatic carbocycles. The van der Waals surface area contributed by atoms with E-state index in [2.05, 4.69) is 24.3 Å². The Morgan fingerprint density at radius 3 is 2.56 bits per heavy atom. The van der Waals surface area contributed by atoms with Crippen LogP contribution < -0.4 is 5.32 Å². The lowest BCUT2D eigenvalue weighted by Crippen LogP contribution is -2.43. The third kappa shape index (κ3) is 3.57. The number of fused-ring (bicyclic) bond motifs is 2. The minimum absolute atomic E-state index is 0.0278. The summed E-state index contributed by atoms with van der Waals surface area (Å²) in [6.45, 7) is 8.13. The van der Waals surface area contributed by atoms with Gasteiger partial charge in [0.05, 0.1) is 21.6 Å². The maximum absolute atomic E-state index is 13.6. The number of anilines is 1. The molecule has 2 atom stereocenters. The van der Waals surface area contributed by atoms with E-state index in [0.717, 1.165) is 23.7 Å². The van der Waals surface area contributed by atoms with Crippen molar-refractivity contribution >= 4 is 40.6 Å². The molecule has 2 saturated carbocycles.